The lowest BCUT2D eigenvalue weighted by molar-refractivity contribution is 0.0517. The molecule has 0 N–H and O–H groups in total. The van der Waals surface area contributed by atoms with E-state index in [2.05, 4.69) is 20.9 Å². The second kappa shape index (κ2) is 6.96. The highest BCUT2D eigenvalue weighted by molar-refractivity contribution is 9.10. The Bertz CT molecular complexity index is 1180. The molecule has 2 aromatic heterocycles. The molecule has 0 atom stereocenters. The maximum atomic E-state index is 13.2. The summed E-state index contributed by atoms with van der Waals surface area (Å²) in [5, 5.41) is 1.84. The number of ketones is 1. The van der Waals surface area contributed by atoms with Crippen molar-refractivity contribution < 1.29 is 14.3 Å². The van der Waals surface area contributed by atoms with Gasteiger partial charge in [-0.05, 0) is 42.6 Å². The van der Waals surface area contributed by atoms with Gasteiger partial charge in [-0.15, -0.1) is 0 Å². The minimum Gasteiger partial charge on any atom is -0.461 e. The van der Waals surface area contributed by atoms with Crippen molar-refractivity contribution in [2.24, 2.45) is 0 Å². The summed E-state index contributed by atoms with van der Waals surface area (Å²) in [5.41, 5.74) is 1.26. The van der Waals surface area contributed by atoms with Gasteiger partial charge in [-0.1, -0.05) is 40.2 Å². The fourth-order valence-electron chi connectivity index (χ4n) is 3.07. The number of aromatic nitrogens is 2. The molecular formula is C21H15BrN2O3. The van der Waals surface area contributed by atoms with Crippen molar-refractivity contribution in [3.63, 3.8) is 0 Å². The van der Waals surface area contributed by atoms with Crippen molar-refractivity contribution in [2.75, 3.05) is 6.61 Å². The molecule has 6 heteroatoms. The number of carbonyl (C=O) groups excluding carboxylic acids is 2. The molecule has 0 radical (unpaired) electrons. The zero-order valence-corrected chi connectivity index (χ0v) is 16.1. The Morgan fingerprint density at radius 2 is 1.81 bits per heavy atom. The Balaban J connectivity index is 2.00. The highest BCUT2D eigenvalue weighted by Gasteiger charge is 2.27. The maximum Gasteiger partial charge on any atom is 0.359 e. The van der Waals surface area contributed by atoms with Crippen LogP contribution in [0, 0.1) is 0 Å². The molecule has 2 aromatic carbocycles. The van der Waals surface area contributed by atoms with Crippen LogP contribution < -0.4 is 0 Å². The molecule has 0 bridgehead atoms. The number of pyridine rings is 1. The number of carbonyl (C=O) groups is 2. The van der Waals surface area contributed by atoms with Crippen molar-refractivity contribution in [2.45, 2.75) is 6.92 Å². The molecule has 27 heavy (non-hydrogen) atoms. The molecule has 2 heterocycles. The molecule has 0 aliphatic rings. The van der Waals surface area contributed by atoms with E-state index >= 15 is 0 Å². The van der Waals surface area contributed by atoms with Gasteiger partial charge in [0, 0.05) is 21.6 Å². The Morgan fingerprint density at radius 1 is 1.07 bits per heavy atom. The number of rotatable bonds is 4. The van der Waals surface area contributed by atoms with E-state index in [1.165, 1.54) is 0 Å². The lowest BCUT2D eigenvalue weighted by Gasteiger charge is -2.06. The third kappa shape index (κ3) is 3.02. The molecule has 0 aliphatic heterocycles. The largest absolute Gasteiger partial charge is 0.461 e. The summed E-state index contributed by atoms with van der Waals surface area (Å²) in [5.74, 6) is -0.890. The van der Waals surface area contributed by atoms with E-state index in [9.17, 15) is 9.59 Å². The first kappa shape index (κ1) is 17.4. The maximum absolute atomic E-state index is 13.2. The highest BCUT2D eigenvalue weighted by Crippen LogP contribution is 2.25. The SMILES string of the molecule is CCOC(=O)c1nc2c3ccccc3ccn2c1C(=O)c1ccc(Br)cc1. The lowest BCUT2D eigenvalue weighted by atomic mass is 10.1. The van der Waals surface area contributed by atoms with Crippen LogP contribution >= 0.6 is 15.9 Å². The quantitative estimate of drug-likeness (QED) is 0.354. The third-order valence-electron chi connectivity index (χ3n) is 4.31. The summed E-state index contributed by atoms with van der Waals surface area (Å²) in [6, 6.07) is 16.6. The first-order valence-corrected chi connectivity index (χ1v) is 9.26. The number of benzene rings is 2. The fraction of sp³-hybridized carbons (Fsp3) is 0.0952. The number of ether oxygens (including phenoxy) is 1. The van der Waals surface area contributed by atoms with Crippen molar-refractivity contribution in [1.82, 2.24) is 9.38 Å². The molecule has 0 saturated carbocycles. The van der Waals surface area contributed by atoms with Crippen LogP contribution in [-0.4, -0.2) is 27.7 Å². The topological polar surface area (TPSA) is 60.7 Å². The first-order valence-electron chi connectivity index (χ1n) is 8.47. The zero-order chi connectivity index (χ0) is 19.0. The predicted molar refractivity (Wildman–Crippen MR) is 106 cm³/mol. The number of esters is 1. The number of nitrogens with zero attached hydrogens (tertiary/aromatic N) is 2. The highest BCUT2D eigenvalue weighted by atomic mass is 79.9. The number of fused-ring (bicyclic) bond motifs is 3. The number of imidazole rings is 1. The molecule has 0 unspecified atom stereocenters. The van der Waals surface area contributed by atoms with E-state index < -0.39 is 5.97 Å². The molecule has 4 aromatic rings. The van der Waals surface area contributed by atoms with E-state index in [4.69, 9.17) is 4.74 Å². The smallest absolute Gasteiger partial charge is 0.359 e. The minimum absolute atomic E-state index is 0.0288. The van der Waals surface area contributed by atoms with Gasteiger partial charge in [-0.2, -0.15) is 0 Å². The van der Waals surface area contributed by atoms with Crippen molar-refractivity contribution in [3.8, 4) is 0 Å². The van der Waals surface area contributed by atoms with Crippen LogP contribution in [0.5, 0.6) is 0 Å². The molecular weight excluding hydrogens is 408 g/mol. The first-order chi connectivity index (χ1) is 13.1. The summed E-state index contributed by atoms with van der Waals surface area (Å²) >= 11 is 3.37. The van der Waals surface area contributed by atoms with Gasteiger partial charge < -0.3 is 4.74 Å². The zero-order valence-electron chi connectivity index (χ0n) is 14.5. The Morgan fingerprint density at radius 3 is 2.56 bits per heavy atom. The van der Waals surface area contributed by atoms with Gasteiger partial charge in [0.15, 0.2) is 5.69 Å². The van der Waals surface area contributed by atoms with E-state index in [0.29, 0.717) is 11.2 Å². The van der Waals surface area contributed by atoms with E-state index in [1.807, 2.05) is 30.3 Å². The second-order valence-corrected chi connectivity index (χ2v) is 6.88. The van der Waals surface area contributed by atoms with Crippen molar-refractivity contribution in [1.29, 1.82) is 0 Å². The molecule has 0 spiro atoms. The molecule has 4 rings (SSSR count). The Hall–Kier alpha value is -2.99. The summed E-state index contributed by atoms with van der Waals surface area (Å²) in [6.07, 6.45) is 1.76. The molecule has 134 valence electrons. The van der Waals surface area contributed by atoms with Crippen LogP contribution in [-0.2, 0) is 4.74 Å². The van der Waals surface area contributed by atoms with Gasteiger partial charge in [0.1, 0.15) is 11.3 Å². The van der Waals surface area contributed by atoms with Crippen molar-refractivity contribution >= 4 is 44.1 Å². The average Bonchev–Trinajstić information content (AvgIpc) is 3.08. The molecule has 0 fully saturated rings. The van der Waals surface area contributed by atoms with Gasteiger partial charge >= 0.3 is 5.97 Å². The number of hydrogen-bond acceptors (Lipinski definition) is 4. The normalized spacial score (nSPS) is 11.0. The minimum atomic E-state index is -0.606. The molecule has 0 aliphatic carbocycles. The van der Waals surface area contributed by atoms with Gasteiger partial charge in [-0.3, -0.25) is 9.20 Å². The van der Waals surface area contributed by atoms with E-state index in [0.717, 1.165) is 15.2 Å². The number of hydrogen-bond donors (Lipinski definition) is 0. The molecule has 0 amide bonds. The van der Waals surface area contributed by atoms with Crippen molar-refractivity contribution in [3.05, 3.63) is 82.2 Å². The van der Waals surface area contributed by atoms with Crippen LogP contribution in [0.3, 0.4) is 0 Å². The average molecular weight is 423 g/mol. The van der Waals surface area contributed by atoms with Crippen LogP contribution in [0.4, 0.5) is 0 Å². The van der Waals surface area contributed by atoms with Crippen LogP contribution in [0.2, 0.25) is 0 Å². The van der Waals surface area contributed by atoms with E-state index in [1.54, 1.807) is 41.8 Å². The monoisotopic (exact) mass is 422 g/mol. The summed E-state index contributed by atoms with van der Waals surface area (Å²) in [4.78, 5) is 30.2. The predicted octanol–water partition coefficient (Wildman–Crippen LogP) is 4.66. The van der Waals surface area contributed by atoms with Gasteiger partial charge in [-0.25, -0.2) is 9.78 Å². The fourth-order valence-corrected chi connectivity index (χ4v) is 3.33. The summed E-state index contributed by atoms with van der Waals surface area (Å²) in [7, 11) is 0. The van der Waals surface area contributed by atoms with E-state index in [-0.39, 0.29) is 23.8 Å². The standard InChI is InChI=1S/C21H15BrN2O3/c1-2-27-21(26)17-18(19(25)14-7-9-15(22)10-8-14)24-12-11-13-5-3-4-6-16(13)20(24)23-17/h3-12H,2H2,1H3. The second-order valence-electron chi connectivity index (χ2n) is 5.96. The number of halogens is 1. The Labute approximate surface area is 163 Å². The van der Waals surface area contributed by atoms with Crippen LogP contribution in [0.25, 0.3) is 16.4 Å². The lowest BCUT2D eigenvalue weighted by Crippen LogP contribution is -2.14. The van der Waals surface area contributed by atoms with Crippen LogP contribution in [0.1, 0.15) is 33.5 Å². The van der Waals surface area contributed by atoms with Crippen LogP contribution in [0.15, 0.2) is 65.3 Å². The summed E-state index contributed by atoms with van der Waals surface area (Å²) < 4.78 is 7.68. The Kier molecular flexibility index (Phi) is 4.49. The molecule has 0 saturated heterocycles. The van der Waals surface area contributed by atoms with Gasteiger partial charge in [0.05, 0.1) is 6.61 Å². The summed E-state index contributed by atoms with van der Waals surface area (Å²) in [6.45, 7) is 1.93. The van der Waals surface area contributed by atoms with Gasteiger partial charge in [0.2, 0.25) is 5.78 Å². The molecule has 5 nitrogen and oxygen atoms in total. The third-order valence-corrected chi connectivity index (χ3v) is 4.83. The van der Waals surface area contributed by atoms with Gasteiger partial charge in [0.25, 0.3) is 0 Å².